The highest BCUT2D eigenvalue weighted by molar-refractivity contribution is 9.10. The lowest BCUT2D eigenvalue weighted by atomic mass is 10.4. The van der Waals surface area contributed by atoms with E-state index in [0.717, 1.165) is 30.0 Å². The maximum atomic E-state index is 5.34. The van der Waals surface area contributed by atoms with Crippen molar-refractivity contribution in [3.05, 3.63) is 22.8 Å². The van der Waals surface area contributed by atoms with Crippen LogP contribution in [0.15, 0.2) is 22.8 Å². The Labute approximate surface area is 104 Å². The molecule has 1 rings (SSSR count). The van der Waals surface area contributed by atoms with E-state index in [1.54, 1.807) is 7.11 Å². The number of rotatable bonds is 8. The SMILES string of the molecule is COCCOCCCNc1cccc(Br)n1. The number of halogens is 1. The second-order valence-corrected chi connectivity index (χ2v) is 4.04. The minimum Gasteiger partial charge on any atom is -0.382 e. The molecule has 90 valence electrons. The molecule has 0 aliphatic heterocycles. The average molecular weight is 289 g/mol. The highest BCUT2D eigenvalue weighted by atomic mass is 79.9. The van der Waals surface area contributed by atoms with Crippen LogP contribution in [-0.4, -0.2) is 38.5 Å². The van der Waals surface area contributed by atoms with E-state index in [-0.39, 0.29) is 0 Å². The molecule has 0 amide bonds. The highest BCUT2D eigenvalue weighted by Crippen LogP contribution is 2.09. The van der Waals surface area contributed by atoms with E-state index in [1.807, 2.05) is 18.2 Å². The molecule has 0 atom stereocenters. The summed E-state index contributed by atoms with van der Waals surface area (Å²) in [6.45, 7) is 2.91. The first-order chi connectivity index (χ1) is 7.83. The molecular formula is C11H17BrN2O2. The molecule has 0 saturated heterocycles. The molecule has 0 bridgehead atoms. The molecule has 0 unspecified atom stereocenters. The van der Waals surface area contributed by atoms with Crippen LogP contribution in [0.5, 0.6) is 0 Å². The Bertz CT molecular complexity index is 297. The van der Waals surface area contributed by atoms with Crippen LogP contribution in [0.4, 0.5) is 5.82 Å². The zero-order valence-corrected chi connectivity index (χ0v) is 11.0. The summed E-state index contributed by atoms with van der Waals surface area (Å²) in [5.74, 6) is 0.881. The van der Waals surface area contributed by atoms with Gasteiger partial charge in [0.25, 0.3) is 0 Å². The Balaban J connectivity index is 2.03. The van der Waals surface area contributed by atoms with Crippen LogP contribution in [0.2, 0.25) is 0 Å². The number of pyridine rings is 1. The molecule has 0 aromatic carbocycles. The maximum absolute atomic E-state index is 5.34. The van der Waals surface area contributed by atoms with E-state index >= 15 is 0 Å². The standard InChI is InChI=1S/C11H17BrN2O2/c1-15-8-9-16-7-3-6-13-11-5-2-4-10(12)14-11/h2,4-5H,3,6-9H2,1H3,(H,13,14). The molecule has 1 N–H and O–H groups in total. The fraction of sp³-hybridized carbons (Fsp3) is 0.545. The number of nitrogens with one attached hydrogen (secondary N) is 1. The molecule has 5 heteroatoms. The molecule has 1 heterocycles. The number of methoxy groups -OCH3 is 1. The Morgan fingerprint density at radius 3 is 2.94 bits per heavy atom. The molecular weight excluding hydrogens is 272 g/mol. The first-order valence-electron chi connectivity index (χ1n) is 5.26. The van der Waals surface area contributed by atoms with Crippen LogP contribution in [0.1, 0.15) is 6.42 Å². The fourth-order valence-electron chi connectivity index (χ4n) is 1.14. The number of hydrogen-bond donors (Lipinski definition) is 1. The van der Waals surface area contributed by atoms with Gasteiger partial charge in [0, 0.05) is 20.3 Å². The number of aromatic nitrogens is 1. The van der Waals surface area contributed by atoms with Crippen molar-refractivity contribution in [1.29, 1.82) is 0 Å². The lowest BCUT2D eigenvalue weighted by Gasteiger charge is -2.06. The van der Waals surface area contributed by atoms with Crippen LogP contribution in [-0.2, 0) is 9.47 Å². The van der Waals surface area contributed by atoms with Crippen LogP contribution in [0.3, 0.4) is 0 Å². The van der Waals surface area contributed by atoms with Crippen molar-refractivity contribution < 1.29 is 9.47 Å². The van der Waals surface area contributed by atoms with Gasteiger partial charge >= 0.3 is 0 Å². The van der Waals surface area contributed by atoms with Crippen molar-refractivity contribution in [2.24, 2.45) is 0 Å². The van der Waals surface area contributed by atoms with E-state index in [9.17, 15) is 0 Å². The van der Waals surface area contributed by atoms with E-state index in [0.29, 0.717) is 13.2 Å². The molecule has 1 aromatic rings. The average Bonchev–Trinajstić information content (AvgIpc) is 2.28. The van der Waals surface area contributed by atoms with Crippen LogP contribution in [0, 0.1) is 0 Å². The summed E-state index contributed by atoms with van der Waals surface area (Å²) < 4.78 is 11.1. The molecule has 0 aliphatic rings. The monoisotopic (exact) mass is 288 g/mol. The maximum Gasteiger partial charge on any atom is 0.127 e. The van der Waals surface area contributed by atoms with Gasteiger partial charge in [-0.1, -0.05) is 6.07 Å². The summed E-state index contributed by atoms with van der Waals surface area (Å²) in [5, 5.41) is 3.22. The van der Waals surface area contributed by atoms with Gasteiger partial charge in [0.1, 0.15) is 10.4 Å². The van der Waals surface area contributed by atoms with Gasteiger partial charge in [0.2, 0.25) is 0 Å². The highest BCUT2D eigenvalue weighted by Gasteiger charge is 1.94. The van der Waals surface area contributed by atoms with Crippen molar-refractivity contribution in [3.63, 3.8) is 0 Å². The second-order valence-electron chi connectivity index (χ2n) is 3.23. The number of nitrogens with zero attached hydrogens (tertiary/aromatic N) is 1. The van der Waals surface area contributed by atoms with E-state index < -0.39 is 0 Å². The smallest absolute Gasteiger partial charge is 0.127 e. The van der Waals surface area contributed by atoms with Crippen molar-refractivity contribution in [2.75, 3.05) is 38.8 Å². The minimum absolute atomic E-state index is 0.653. The Kier molecular flexibility index (Phi) is 7.12. The van der Waals surface area contributed by atoms with Gasteiger partial charge in [-0.15, -0.1) is 0 Å². The summed E-state index contributed by atoms with van der Waals surface area (Å²) in [7, 11) is 1.67. The lowest BCUT2D eigenvalue weighted by molar-refractivity contribution is 0.0705. The van der Waals surface area contributed by atoms with Crippen molar-refractivity contribution >= 4 is 21.7 Å². The van der Waals surface area contributed by atoms with Crippen LogP contribution in [0.25, 0.3) is 0 Å². The molecule has 0 spiro atoms. The first-order valence-corrected chi connectivity index (χ1v) is 6.05. The third-order valence-corrected chi connectivity index (χ3v) is 2.36. The Morgan fingerprint density at radius 2 is 2.19 bits per heavy atom. The van der Waals surface area contributed by atoms with Crippen molar-refractivity contribution in [2.45, 2.75) is 6.42 Å². The summed E-state index contributed by atoms with van der Waals surface area (Å²) in [4.78, 5) is 4.27. The van der Waals surface area contributed by atoms with Gasteiger partial charge in [-0.05, 0) is 34.5 Å². The molecule has 1 aromatic heterocycles. The Morgan fingerprint density at radius 1 is 1.31 bits per heavy atom. The van der Waals surface area contributed by atoms with Gasteiger partial charge in [-0.3, -0.25) is 0 Å². The van der Waals surface area contributed by atoms with E-state index in [4.69, 9.17) is 9.47 Å². The van der Waals surface area contributed by atoms with Crippen molar-refractivity contribution in [1.82, 2.24) is 4.98 Å². The summed E-state index contributed by atoms with van der Waals surface area (Å²) in [5.41, 5.74) is 0. The van der Waals surface area contributed by atoms with Gasteiger partial charge in [-0.25, -0.2) is 4.98 Å². The zero-order chi connectivity index (χ0) is 11.6. The minimum atomic E-state index is 0.653. The van der Waals surface area contributed by atoms with Crippen LogP contribution >= 0.6 is 15.9 Å². The summed E-state index contributed by atoms with van der Waals surface area (Å²) in [6, 6.07) is 5.80. The predicted molar refractivity (Wildman–Crippen MR) is 67.7 cm³/mol. The largest absolute Gasteiger partial charge is 0.382 e. The topological polar surface area (TPSA) is 43.4 Å². The molecule has 0 radical (unpaired) electrons. The third-order valence-electron chi connectivity index (χ3n) is 1.92. The van der Waals surface area contributed by atoms with E-state index in [2.05, 4.69) is 26.2 Å². The van der Waals surface area contributed by atoms with Gasteiger partial charge < -0.3 is 14.8 Å². The number of hydrogen-bond acceptors (Lipinski definition) is 4. The molecule has 4 nitrogen and oxygen atoms in total. The third kappa shape index (κ3) is 6.05. The molecule has 16 heavy (non-hydrogen) atoms. The van der Waals surface area contributed by atoms with Gasteiger partial charge in [0.15, 0.2) is 0 Å². The summed E-state index contributed by atoms with van der Waals surface area (Å²) in [6.07, 6.45) is 0.956. The summed E-state index contributed by atoms with van der Waals surface area (Å²) >= 11 is 3.32. The molecule has 0 saturated carbocycles. The molecule has 0 fully saturated rings. The zero-order valence-electron chi connectivity index (χ0n) is 9.41. The van der Waals surface area contributed by atoms with Crippen molar-refractivity contribution in [3.8, 4) is 0 Å². The number of anilines is 1. The Hall–Kier alpha value is -0.650. The van der Waals surface area contributed by atoms with Gasteiger partial charge in [-0.2, -0.15) is 0 Å². The first kappa shape index (κ1) is 13.4. The van der Waals surface area contributed by atoms with Gasteiger partial charge in [0.05, 0.1) is 13.2 Å². The lowest BCUT2D eigenvalue weighted by Crippen LogP contribution is -2.09. The second kappa shape index (κ2) is 8.50. The normalized spacial score (nSPS) is 10.4. The van der Waals surface area contributed by atoms with Crippen LogP contribution < -0.4 is 5.32 Å². The number of ether oxygens (including phenoxy) is 2. The fourth-order valence-corrected chi connectivity index (χ4v) is 1.49. The van der Waals surface area contributed by atoms with E-state index in [1.165, 1.54) is 0 Å². The molecule has 0 aliphatic carbocycles. The quantitative estimate of drug-likeness (QED) is 0.589. The predicted octanol–water partition coefficient (Wildman–Crippen LogP) is 2.31.